The van der Waals surface area contributed by atoms with Crippen LogP contribution >= 0.6 is 31.9 Å². The highest BCUT2D eigenvalue weighted by Gasteiger charge is 2.14. The van der Waals surface area contributed by atoms with Crippen molar-refractivity contribution in [1.29, 1.82) is 0 Å². The second kappa shape index (κ2) is 5.58. The Morgan fingerprint density at radius 1 is 1.05 bits per heavy atom. The summed E-state index contributed by atoms with van der Waals surface area (Å²) in [5.74, 6) is -0.959. The van der Waals surface area contributed by atoms with Crippen LogP contribution in [0, 0.1) is 0 Å². The van der Waals surface area contributed by atoms with Crippen LogP contribution in [0.2, 0.25) is 0 Å². The number of hydrogen-bond acceptors (Lipinski definition) is 2. The zero-order valence-electron chi connectivity index (χ0n) is 10.7. The summed E-state index contributed by atoms with van der Waals surface area (Å²) in [6.07, 6.45) is 0. The van der Waals surface area contributed by atoms with Crippen LogP contribution < -0.4 is 0 Å². The summed E-state index contributed by atoms with van der Waals surface area (Å²) in [6.45, 7) is 0. The van der Waals surface area contributed by atoms with E-state index in [1.54, 1.807) is 18.2 Å². The number of pyridine rings is 1. The molecule has 1 aromatic heterocycles. The molecule has 2 aromatic carbocycles. The normalized spacial score (nSPS) is 10.8. The van der Waals surface area contributed by atoms with Crippen LogP contribution in [0.25, 0.3) is 22.2 Å². The molecule has 104 valence electrons. The van der Waals surface area contributed by atoms with E-state index in [0.29, 0.717) is 16.6 Å². The van der Waals surface area contributed by atoms with Crippen molar-refractivity contribution >= 4 is 48.7 Å². The summed E-state index contributed by atoms with van der Waals surface area (Å²) in [6, 6.07) is 14.7. The van der Waals surface area contributed by atoms with Gasteiger partial charge in [-0.05, 0) is 40.2 Å². The van der Waals surface area contributed by atoms with Gasteiger partial charge in [0.25, 0.3) is 0 Å². The van der Waals surface area contributed by atoms with E-state index in [9.17, 15) is 9.90 Å². The maximum Gasteiger partial charge on any atom is 0.336 e. The van der Waals surface area contributed by atoms with Gasteiger partial charge in [0.1, 0.15) is 0 Å². The fraction of sp³-hybridized carbons (Fsp3) is 0. The number of fused-ring (bicyclic) bond motifs is 1. The van der Waals surface area contributed by atoms with Crippen LogP contribution in [0.3, 0.4) is 0 Å². The van der Waals surface area contributed by atoms with Crippen LogP contribution in [0.15, 0.2) is 57.5 Å². The highest BCUT2D eigenvalue weighted by Crippen LogP contribution is 2.29. The average Bonchev–Trinajstić information content (AvgIpc) is 2.47. The van der Waals surface area contributed by atoms with Crippen molar-refractivity contribution in [3.8, 4) is 11.3 Å². The van der Waals surface area contributed by atoms with Crippen molar-refractivity contribution in [2.45, 2.75) is 0 Å². The van der Waals surface area contributed by atoms with Crippen LogP contribution in [-0.4, -0.2) is 16.1 Å². The number of nitrogens with zero attached hydrogens (tertiary/aromatic N) is 1. The smallest absolute Gasteiger partial charge is 0.336 e. The van der Waals surface area contributed by atoms with Crippen molar-refractivity contribution in [2.24, 2.45) is 0 Å². The van der Waals surface area contributed by atoms with Crippen molar-refractivity contribution in [3.05, 3.63) is 63.0 Å². The van der Waals surface area contributed by atoms with E-state index >= 15 is 0 Å². The molecule has 0 saturated carbocycles. The SMILES string of the molecule is O=C(O)c1cc(-c2ccc(Br)cc2)nc2c(Br)cccc12. The fourth-order valence-electron chi connectivity index (χ4n) is 2.16. The summed E-state index contributed by atoms with van der Waals surface area (Å²) in [5.41, 5.74) is 2.41. The number of halogens is 2. The molecular weight excluding hydrogens is 398 g/mol. The lowest BCUT2D eigenvalue weighted by Crippen LogP contribution is -2.00. The molecule has 0 aliphatic rings. The molecule has 0 saturated heterocycles. The van der Waals surface area contributed by atoms with Gasteiger partial charge in [-0.2, -0.15) is 0 Å². The number of aromatic nitrogens is 1. The van der Waals surface area contributed by atoms with E-state index in [1.807, 2.05) is 30.3 Å². The first-order valence-electron chi connectivity index (χ1n) is 6.15. The molecule has 3 aromatic rings. The molecule has 0 bridgehead atoms. The summed E-state index contributed by atoms with van der Waals surface area (Å²) >= 11 is 6.82. The van der Waals surface area contributed by atoms with E-state index in [2.05, 4.69) is 36.8 Å². The van der Waals surface area contributed by atoms with E-state index in [4.69, 9.17) is 0 Å². The Bertz CT molecular complexity index is 845. The molecule has 3 nitrogen and oxygen atoms in total. The van der Waals surface area contributed by atoms with Gasteiger partial charge < -0.3 is 5.11 Å². The first-order valence-corrected chi connectivity index (χ1v) is 7.73. The molecule has 0 fully saturated rings. The average molecular weight is 407 g/mol. The predicted molar refractivity (Wildman–Crippen MR) is 89.5 cm³/mol. The van der Waals surface area contributed by atoms with Gasteiger partial charge in [0.05, 0.1) is 16.8 Å². The Kier molecular flexibility index (Phi) is 3.78. The van der Waals surface area contributed by atoms with Crippen LogP contribution in [0.1, 0.15) is 10.4 Å². The van der Waals surface area contributed by atoms with Crippen LogP contribution in [0.4, 0.5) is 0 Å². The second-order valence-corrected chi connectivity index (χ2v) is 6.27. The molecule has 0 amide bonds. The van der Waals surface area contributed by atoms with Gasteiger partial charge in [-0.3, -0.25) is 0 Å². The summed E-state index contributed by atoms with van der Waals surface area (Å²) in [7, 11) is 0. The minimum absolute atomic E-state index is 0.249. The third-order valence-electron chi connectivity index (χ3n) is 3.16. The minimum atomic E-state index is -0.959. The number of carboxylic acid groups (broad SMARTS) is 1. The van der Waals surface area contributed by atoms with Crippen LogP contribution in [0.5, 0.6) is 0 Å². The zero-order valence-corrected chi connectivity index (χ0v) is 13.8. The number of rotatable bonds is 2. The Morgan fingerprint density at radius 2 is 1.76 bits per heavy atom. The summed E-state index contributed by atoms with van der Waals surface area (Å²) in [4.78, 5) is 16.1. The number of carboxylic acids is 1. The maximum atomic E-state index is 11.5. The third-order valence-corrected chi connectivity index (χ3v) is 4.33. The number of hydrogen-bond donors (Lipinski definition) is 1. The van der Waals surface area contributed by atoms with Gasteiger partial charge in [0, 0.05) is 19.9 Å². The molecule has 1 N–H and O–H groups in total. The molecule has 0 unspecified atom stereocenters. The van der Waals surface area contributed by atoms with Crippen molar-refractivity contribution < 1.29 is 9.90 Å². The highest BCUT2D eigenvalue weighted by molar-refractivity contribution is 9.11. The number of benzene rings is 2. The standard InChI is InChI=1S/C16H9Br2NO2/c17-10-6-4-9(5-7-10)14-8-12(16(20)21)11-2-1-3-13(18)15(11)19-14/h1-8H,(H,20,21). The van der Waals surface area contributed by atoms with E-state index in [0.717, 1.165) is 14.5 Å². The van der Waals surface area contributed by atoms with E-state index < -0.39 is 5.97 Å². The van der Waals surface area contributed by atoms with Crippen molar-refractivity contribution in [1.82, 2.24) is 4.98 Å². The predicted octanol–water partition coefficient (Wildman–Crippen LogP) is 5.13. The Hall–Kier alpha value is -1.72. The lowest BCUT2D eigenvalue weighted by atomic mass is 10.0. The zero-order chi connectivity index (χ0) is 15.0. The minimum Gasteiger partial charge on any atom is -0.478 e. The van der Waals surface area contributed by atoms with Gasteiger partial charge in [-0.25, -0.2) is 9.78 Å². The topological polar surface area (TPSA) is 50.2 Å². The van der Waals surface area contributed by atoms with Crippen molar-refractivity contribution in [2.75, 3.05) is 0 Å². The Labute approximate surface area is 137 Å². The first kappa shape index (κ1) is 14.2. The van der Waals surface area contributed by atoms with Gasteiger partial charge in [-0.15, -0.1) is 0 Å². The lowest BCUT2D eigenvalue weighted by molar-refractivity contribution is 0.0699. The monoisotopic (exact) mass is 405 g/mol. The number of carbonyl (C=O) groups is 1. The quantitative estimate of drug-likeness (QED) is 0.642. The first-order chi connectivity index (χ1) is 10.1. The third kappa shape index (κ3) is 2.71. The number of para-hydroxylation sites is 1. The van der Waals surface area contributed by atoms with Gasteiger partial charge in [0.2, 0.25) is 0 Å². The second-order valence-electron chi connectivity index (χ2n) is 4.50. The van der Waals surface area contributed by atoms with Gasteiger partial charge in [0.15, 0.2) is 0 Å². The molecule has 0 aliphatic carbocycles. The number of aromatic carboxylic acids is 1. The fourth-order valence-corrected chi connectivity index (χ4v) is 2.88. The lowest BCUT2D eigenvalue weighted by Gasteiger charge is -2.08. The van der Waals surface area contributed by atoms with E-state index in [-0.39, 0.29) is 5.56 Å². The molecule has 0 aliphatic heterocycles. The molecular formula is C16H9Br2NO2. The van der Waals surface area contributed by atoms with Crippen LogP contribution in [-0.2, 0) is 0 Å². The molecule has 0 atom stereocenters. The van der Waals surface area contributed by atoms with Gasteiger partial charge in [-0.1, -0.05) is 40.2 Å². The largest absolute Gasteiger partial charge is 0.478 e. The van der Waals surface area contributed by atoms with Crippen molar-refractivity contribution in [3.63, 3.8) is 0 Å². The molecule has 0 spiro atoms. The molecule has 1 heterocycles. The molecule has 3 rings (SSSR count). The molecule has 21 heavy (non-hydrogen) atoms. The molecule has 5 heteroatoms. The highest BCUT2D eigenvalue weighted by atomic mass is 79.9. The Balaban J connectivity index is 2.32. The van der Waals surface area contributed by atoms with E-state index in [1.165, 1.54) is 0 Å². The summed E-state index contributed by atoms with van der Waals surface area (Å²) in [5, 5.41) is 10.1. The summed E-state index contributed by atoms with van der Waals surface area (Å²) < 4.78 is 1.74. The molecule has 0 radical (unpaired) electrons. The van der Waals surface area contributed by atoms with Gasteiger partial charge >= 0.3 is 5.97 Å². The Morgan fingerprint density at radius 3 is 2.43 bits per heavy atom. The maximum absolute atomic E-state index is 11.5.